The summed E-state index contributed by atoms with van der Waals surface area (Å²) in [4.78, 5) is 6.48. The van der Waals surface area contributed by atoms with E-state index in [9.17, 15) is 0 Å². The van der Waals surface area contributed by atoms with E-state index in [1.807, 2.05) is 0 Å². The van der Waals surface area contributed by atoms with Crippen molar-refractivity contribution in [3.8, 4) is 0 Å². The Balaban J connectivity index is 2.01. The molecule has 1 aromatic rings. The first-order chi connectivity index (χ1) is 6.83. The molecule has 0 saturated heterocycles. The molecule has 3 nitrogen and oxygen atoms in total. The summed E-state index contributed by atoms with van der Waals surface area (Å²) in [6, 6.07) is 0.718. The highest BCUT2D eigenvalue weighted by atomic mass is 35.5. The molecule has 1 fully saturated rings. The maximum Gasteiger partial charge on any atom is 0.297 e. The lowest BCUT2D eigenvalue weighted by Crippen LogP contribution is -2.25. The molecule has 2 rings (SSSR count). The molecule has 0 bridgehead atoms. The molecule has 0 aromatic carbocycles. The third kappa shape index (κ3) is 2.21. The van der Waals surface area contributed by atoms with Crippen molar-refractivity contribution >= 4 is 17.6 Å². The van der Waals surface area contributed by atoms with Crippen molar-refractivity contribution in [2.24, 2.45) is 5.92 Å². The summed E-state index contributed by atoms with van der Waals surface area (Å²) in [5.41, 5.74) is 0.816. The van der Waals surface area contributed by atoms with Crippen molar-refractivity contribution in [1.82, 2.24) is 4.98 Å². The zero-order valence-corrected chi connectivity index (χ0v) is 9.13. The lowest BCUT2D eigenvalue weighted by atomic mass is 10.4. The summed E-state index contributed by atoms with van der Waals surface area (Å²) in [5.74, 6) is 1.27. The lowest BCUT2D eigenvalue weighted by molar-refractivity contribution is 0.529. The third-order valence-electron chi connectivity index (χ3n) is 2.50. The molecule has 0 atom stereocenters. The third-order valence-corrected chi connectivity index (χ3v) is 2.78. The van der Waals surface area contributed by atoms with Crippen molar-refractivity contribution in [2.75, 3.05) is 18.0 Å². The van der Waals surface area contributed by atoms with Crippen molar-refractivity contribution in [3.05, 3.63) is 12.0 Å². The van der Waals surface area contributed by atoms with Crippen LogP contribution in [0, 0.1) is 5.92 Å². The molecule has 0 spiro atoms. The Kier molecular flexibility index (Phi) is 2.96. The Morgan fingerprint density at radius 2 is 2.43 bits per heavy atom. The van der Waals surface area contributed by atoms with Gasteiger partial charge in [-0.1, -0.05) is 0 Å². The molecule has 78 valence electrons. The number of hydrogen-bond acceptors (Lipinski definition) is 3. The molecule has 1 saturated carbocycles. The summed E-state index contributed by atoms with van der Waals surface area (Å²) in [6.45, 7) is 4.13. The van der Waals surface area contributed by atoms with E-state index in [4.69, 9.17) is 16.0 Å². The monoisotopic (exact) mass is 214 g/mol. The van der Waals surface area contributed by atoms with E-state index in [1.165, 1.54) is 12.8 Å². The van der Waals surface area contributed by atoms with Gasteiger partial charge in [0.25, 0.3) is 6.01 Å². The maximum absolute atomic E-state index is 5.67. The van der Waals surface area contributed by atoms with Gasteiger partial charge in [-0.25, -0.2) is 0 Å². The van der Waals surface area contributed by atoms with E-state index >= 15 is 0 Å². The molecule has 0 aliphatic heterocycles. The second-order valence-corrected chi connectivity index (χ2v) is 4.00. The van der Waals surface area contributed by atoms with Crippen molar-refractivity contribution in [3.63, 3.8) is 0 Å². The van der Waals surface area contributed by atoms with Crippen LogP contribution in [-0.4, -0.2) is 18.1 Å². The standard InChI is InChI=1S/C10H15ClN2O/c1-2-13(6-8-3-4-8)10-12-9(5-11)7-14-10/h7-8H,2-6H2,1H3. The van der Waals surface area contributed by atoms with Gasteiger partial charge < -0.3 is 9.32 Å². The molecule has 1 aliphatic rings. The summed E-state index contributed by atoms with van der Waals surface area (Å²) in [7, 11) is 0. The highest BCUT2D eigenvalue weighted by Crippen LogP contribution is 2.31. The minimum atomic E-state index is 0.421. The van der Waals surface area contributed by atoms with Crippen LogP contribution in [0.4, 0.5) is 6.01 Å². The predicted molar refractivity (Wildman–Crippen MR) is 56.7 cm³/mol. The van der Waals surface area contributed by atoms with Gasteiger partial charge in [0.15, 0.2) is 0 Å². The van der Waals surface area contributed by atoms with Crippen LogP contribution in [0.1, 0.15) is 25.5 Å². The van der Waals surface area contributed by atoms with Crippen LogP contribution < -0.4 is 4.90 Å². The average molecular weight is 215 g/mol. The minimum absolute atomic E-state index is 0.421. The van der Waals surface area contributed by atoms with E-state index in [-0.39, 0.29) is 0 Å². The number of oxazole rings is 1. The van der Waals surface area contributed by atoms with E-state index in [0.29, 0.717) is 5.88 Å². The van der Waals surface area contributed by atoms with Crippen LogP contribution in [0.25, 0.3) is 0 Å². The minimum Gasteiger partial charge on any atom is -0.432 e. The summed E-state index contributed by atoms with van der Waals surface area (Å²) >= 11 is 5.67. The smallest absolute Gasteiger partial charge is 0.297 e. The number of rotatable bonds is 5. The molecule has 0 unspecified atom stereocenters. The molecule has 1 heterocycles. The second kappa shape index (κ2) is 4.22. The molecule has 0 N–H and O–H groups in total. The van der Waals surface area contributed by atoms with Gasteiger partial charge >= 0.3 is 0 Å². The Labute approximate surface area is 89.1 Å². The topological polar surface area (TPSA) is 29.3 Å². The molecule has 0 radical (unpaired) electrons. The van der Waals surface area contributed by atoms with Gasteiger partial charge in [0.05, 0.1) is 11.6 Å². The SMILES string of the molecule is CCN(CC1CC1)c1nc(CCl)co1. The Hall–Kier alpha value is -0.700. The van der Waals surface area contributed by atoms with Crippen LogP contribution >= 0.6 is 11.6 Å². The van der Waals surface area contributed by atoms with Gasteiger partial charge in [0, 0.05) is 13.1 Å². The Morgan fingerprint density at radius 1 is 1.64 bits per heavy atom. The Bertz CT molecular complexity index is 296. The first-order valence-electron chi connectivity index (χ1n) is 5.08. The van der Waals surface area contributed by atoms with Crippen LogP contribution in [0.15, 0.2) is 10.7 Å². The van der Waals surface area contributed by atoms with Gasteiger partial charge in [-0.15, -0.1) is 11.6 Å². The molecule has 0 amide bonds. The quantitative estimate of drug-likeness (QED) is 0.706. The number of alkyl halides is 1. The van der Waals surface area contributed by atoms with E-state index in [0.717, 1.165) is 30.7 Å². The summed E-state index contributed by atoms with van der Waals surface area (Å²) in [5, 5.41) is 0. The number of nitrogens with zero attached hydrogens (tertiary/aromatic N) is 2. The highest BCUT2D eigenvalue weighted by molar-refractivity contribution is 6.16. The van der Waals surface area contributed by atoms with Crippen molar-refractivity contribution in [1.29, 1.82) is 0 Å². The van der Waals surface area contributed by atoms with E-state index in [1.54, 1.807) is 6.26 Å². The average Bonchev–Trinajstić information content (AvgIpc) is 2.90. The van der Waals surface area contributed by atoms with Crippen LogP contribution in [-0.2, 0) is 5.88 Å². The van der Waals surface area contributed by atoms with Crippen LogP contribution in [0.5, 0.6) is 0 Å². The first-order valence-corrected chi connectivity index (χ1v) is 5.62. The largest absolute Gasteiger partial charge is 0.432 e. The fourth-order valence-corrected chi connectivity index (χ4v) is 1.58. The number of anilines is 1. The molecular formula is C10H15ClN2O. The molecule has 1 aromatic heterocycles. The summed E-state index contributed by atoms with van der Waals surface area (Å²) < 4.78 is 5.37. The highest BCUT2D eigenvalue weighted by Gasteiger charge is 2.25. The normalized spacial score (nSPS) is 15.9. The first kappa shape index (κ1) is 9.84. The van der Waals surface area contributed by atoms with Gasteiger partial charge in [0.2, 0.25) is 0 Å². The second-order valence-electron chi connectivity index (χ2n) is 3.74. The zero-order chi connectivity index (χ0) is 9.97. The van der Waals surface area contributed by atoms with Gasteiger partial charge in [-0.05, 0) is 25.7 Å². The number of hydrogen-bond donors (Lipinski definition) is 0. The van der Waals surface area contributed by atoms with Crippen molar-refractivity contribution < 1.29 is 4.42 Å². The molecule has 1 aliphatic carbocycles. The fourth-order valence-electron chi connectivity index (χ4n) is 1.46. The Morgan fingerprint density at radius 3 is 2.93 bits per heavy atom. The van der Waals surface area contributed by atoms with Gasteiger partial charge in [0.1, 0.15) is 6.26 Å². The van der Waals surface area contributed by atoms with Crippen LogP contribution in [0.3, 0.4) is 0 Å². The molecule has 4 heteroatoms. The lowest BCUT2D eigenvalue weighted by Gasteiger charge is -2.17. The number of aromatic nitrogens is 1. The number of halogens is 1. The van der Waals surface area contributed by atoms with Gasteiger partial charge in [-0.3, -0.25) is 0 Å². The predicted octanol–water partition coefficient (Wildman–Crippen LogP) is 2.65. The zero-order valence-electron chi connectivity index (χ0n) is 8.37. The van der Waals surface area contributed by atoms with E-state index < -0.39 is 0 Å². The maximum atomic E-state index is 5.67. The fraction of sp³-hybridized carbons (Fsp3) is 0.700. The van der Waals surface area contributed by atoms with Crippen LogP contribution in [0.2, 0.25) is 0 Å². The van der Waals surface area contributed by atoms with Crippen molar-refractivity contribution in [2.45, 2.75) is 25.6 Å². The molecule has 14 heavy (non-hydrogen) atoms. The van der Waals surface area contributed by atoms with E-state index in [2.05, 4.69) is 16.8 Å². The van der Waals surface area contributed by atoms with Gasteiger partial charge in [-0.2, -0.15) is 4.98 Å². The molecular weight excluding hydrogens is 200 g/mol. The summed E-state index contributed by atoms with van der Waals surface area (Å²) in [6.07, 6.45) is 4.33.